The number of aliphatic hydroxyl groups is 1. The normalized spacial score (nSPS) is 15.9. The van der Waals surface area contributed by atoms with Crippen LogP contribution in [0.15, 0.2) is 84.9 Å². The minimum Gasteiger partial charge on any atom is -0.390 e. The fraction of sp³-hybridized carbons (Fsp3) is 0.478. The van der Waals surface area contributed by atoms with Crippen LogP contribution < -0.4 is 27.0 Å². The van der Waals surface area contributed by atoms with Gasteiger partial charge in [-0.25, -0.2) is 0 Å². The Labute approximate surface area is 348 Å². The Balaban J connectivity index is 1.38. The topological polar surface area (TPSA) is 158 Å². The van der Waals surface area contributed by atoms with Crippen LogP contribution in [0.2, 0.25) is 0 Å². The number of nitrogens with zero attached hydrogens (tertiary/aromatic N) is 1. The number of hydrogen-bond acceptors (Lipinski definition) is 7. The van der Waals surface area contributed by atoms with Crippen molar-refractivity contribution in [2.45, 2.75) is 89.5 Å². The van der Waals surface area contributed by atoms with Gasteiger partial charge in [-0.2, -0.15) is 0 Å². The highest BCUT2D eigenvalue weighted by Gasteiger charge is 2.32. The Morgan fingerprint density at radius 1 is 0.879 bits per heavy atom. The van der Waals surface area contributed by atoms with Gasteiger partial charge in [0.1, 0.15) is 6.04 Å². The molecule has 0 saturated carbocycles. The summed E-state index contributed by atoms with van der Waals surface area (Å²) in [6.07, 6.45) is 2.37. The number of hydrogen-bond donors (Lipinski definition) is 6. The summed E-state index contributed by atoms with van der Waals surface area (Å²) in [6, 6.07) is 27.2. The summed E-state index contributed by atoms with van der Waals surface area (Å²) in [7, 11) is 1.76. The number of aliphatic hydroxyl groups excluding tert-OH is 1. The van der Waals surface area contributed by atoms with Crippen LogP contribution in [0.5, 0.6) is 0 Å². The molecular formula is C46H62N6O5S. The molecule has 1 heterocycles. The molecule has 0 aliphatic carbocycles. The SMILES string of the molecule is CNC(=S)NCCCCC(NC(=O)C(Cc1cccc2ccccc12)Cc1cccc2ccccc12)C(=O)NC(CC(C)C)[C@@H](O)CC(=O)N1CCOC(CCN)C1. The van der Waals surface area contributed by atoms with E-state index >= 15 is 0 Å². The number of carbonyl (C=O) groups is 3. The van der Waals surface area contributed by atoms with Gasteiger partial charge >= 0.3 is 0 Å². The third kappa shape index (κ3) is 12.9. The molecule has 1 saturated heterocycles. The first kappa shape index (κ1) is 44.5. The van der Waals surface area contributed by atoms with Gasteiger partial charge in [-0.1, -0.05) is 98.8 Å². The molecule has 0 bridgehead atoms. The second-order valence-electron chi connectivity index (χ2n) is 15.9. The van der Waals surface area contributed by atoms with E-state index in [1.807, 2.05) is 50.2 Å². The number of carbonyl (C=O) groups excluding carboxylic acids is 3. The van der Waals surface area contributed by atoms with Crippen molar-refractivity contribution in [3.63, 3.8) is 0 Å². The van der Waals surface area contributed by atoms with Crippen molar-refractivity contribution in [1.29, 1.82) is 0 Å². The predicted octanol–water partition coefficient (Wildman–Crippen LogP) is 5.00. The molecule has 3 amide bonds. The molecule has 11 nitrogen and oxygen atoms in total. The highest BCUT2D eigenvalue weighted by atomic mass is 32.1. The number of rotatable bonds is 20. The average molecular weight is 811 g/mol. The van der Waals surface area contributed by atoms with Crippen LogP contribution in [0.4, 0.5) is 0 Å². The summed E-state index contributed by atoms with van der Waals surface area (Å²) in [6.45, 7) is 6.37. The molecule has 58 heavy (non-hydrogen) atoms. The van der Waals surface area contributed by atoms with E-state index in [4.69, 9.17) is 22.7 Å². The second-order valence-corrected chi connectivity index (χ2v) is 16.3. The highest BCUT2D eigenvalue weighted by molar-refractivity contribution is 7.80. The van der Waals surface area contributed by atoms with Crippen LogP contribution in [0.1, 0.15) is 63.5 Å². The van der Waals surface area contributed by atoms with Gasteiger partial charge in [0.05, 0.1) is 31.3 Å². The largest absolute Gasteiger partial charge is 0.390 e. The molecule has 5 rings (SSSR count). The van der Waals surface area contributed by atoms with E-state index in [1.165, 1.54) is 0 Å². The summed E-state index contributed by atoms with van der Waals surface area (Å²) in [5.41, 5.74) is 7.86. The van der Waals surface area contributed by atoms with Gasteiger partial charge in [0, 0.05) is 32.6 Å². The maximum atomic E-state index is 14.7. The monoisotopic (exact) mass is 810 g/mol. The molecule has 4 aromatic rings. The summed E-state index contributed by atoms with van der Waals surface area (Å²) in [5, 5.41) is 28.8. The molecule has 0 spiro atoms. The van der Waals surface area contributed by atoms with Crippen molar-refractivity contribution in [3.05, 3.63) is 96.1 Å². The van der Waals surface area contributed by atoms with Crippen molar-refractivity contribution in [1.82, 2.24) is 26.2 Å². The standard InChI is InChI=1S/C46H62N6O5S/c1-31(2)26-41(42(53)29-43(54)52-24-25-57-37(30-52)21-22-47)51-45(56)40(20-8-9-23-49-46(58)48-3)50-44(55)36(27-34-16-10-14-32-12-4-6-18-38(32)34)28-35-17-11-15-33-13-5-7-19-39(33)35/h4-7,10-19,31,36-37,40-42,53H,8-9,20-30,47H2,1-3H3,(H,50,55)(H,51,56)(H2,48,49,58)/t37?,40?,41?,42-/m0/s1. The molecule has 0 aromatic heterocycles. The maximum absolute atomic E-state index is 14.7. The van der Waals surface area contributed by atoms with Crippen LogP contribution in [-0.4, -0.2) is 97.0 Å². The zero-order valence-corrected chi connectivity index (χ0v) is 35.1. The molecule has 7 N–H and O–H groups in total. The smallest absolute Gasteiger partial charge is 0.242 e. The van der Waals surface area contributed by atoms with E-state index in [9.17, 15) is 19.5 Å². The van der Waals surface area contributed by atoms with Gasteiger partial charge < -0.3 is 41.7 Å². The molecule has 1 fully saturated rings. The van der Waals surface area contributed by atoms with Gasteiger partial charge in [-0.05, 0) is 102 Å². The molecule has 4 aromatic carbocycles. The summed E-state index contributed by atoms with van der Waals surface area (Å²) >= 11 is 5.24. The van der Waals surface area contributed by atoms with E-state index in [1.54, 1.807) is 11.9 Å². The number of fused-ring (bicyclic) bond motifs is 2. The number of nitrogens with two attached hydrogens (primary N) is 1. The third-order valence-electron chi connectivity index (χ3n) is 11.0. The molecule has 1 aliphatic heterocycles. The van der Waals surface area contributed by atoms with Gasteiger partial charge in [-0.3, -0.25) is 14.4 Å². The zero-order valence-electron chi connectivity index (χ0n) is 34.3. The van der Waals surface area contributed by atoms with Gasteiger partial charge in [0.2, 0.25) is 17.7 Å². The Hall–Kier alpha value is -4.62. The number of thiocarbonyl (C=S) groups is 1. The maximum Gasteiger partial charge on any atom is 0.242 e. The fourth-order valence-corrected chi connectivity index (χ4v) is 8.01. The van der Waals surface area contributed by atoms with E-state index < -0.39 is 24.1 Å². The summed E-state index contributed by atoms with van der Waals surface area (Å²) in [4.78, 5) is 44.2. The Morgan fingerprint density at radius 3 is 2.10 bits per heavy atom. The van der Waals surface area contributed by atoms with Crippen molar-refractivity contribution < 1.29 is 24.2 Å². The number of amides is 3. The van der Waals surface area contributed by atoms with Crippen LogP contribution in [0, 0.1) is 11.8 Å². The van der Waals surface area contributed by atoms with Crippen molar-refractivity contribution >= 4 is 56.6 Å². The van der Waals surface area contributed by atoms with Gasteiger partial charge in [-0.15, -0.1) is 0 Å². The lowest BCUT2D eigenvalue weighted by Gasteiger charge is -2.34. The quantitative estimate of drug-likeness (QED) is 0.0534. The molecule has 1 aliphatic rings. The van der Waals surface area contributed by atoms with E-state index in [2.05, 4.69) is 69.8 Å². The Kier molecular flexibility index (Phi) is 17.3. The fourth-order valence-electron chi connectivity index (χ4n) is 7.91. The first-order chi connectivity index (χ1) is 28.1. The third-order valence-corrected chi connectivity index (χ3v) is 11.4. The Morgan fingerprint density at radius 2 is 1.50 bits per heavy atom. The molecule has 12 heteroatoms. The van der Waals surface area contributed by atoms with Crippen molar-refractivity contribution in [2.75, 3.05) is 39.8 Å². The first-order valence-electron chi connectivity index (χ1n) is 20.8. The number of morpholine rings is 1. The molecule has 312 valence electrons. The number of benzene rings is 4. The molecule has 3 unspecified atom stereocenters. The van der Waals surface area contributed by atoms with Crippen LogP contribution >= 0.6 is 12.2 Å². The van der Waals surface area contributed by atoms with Crippen LogP contribution in [0.25, 0.3) is 21.5 Å². The molecular weight excluding hydrogens is 749 g/mol. The summed E-state index contributed by atoms with van der Waals surface area (Å²) < 4.78 is 5.76. The van der Waals surface area contributed by atoms with E-state index in [0.717, 1.165) is 32.7 Å². The second kappa shape index (κ2) is 22.5. The van der Waals surface area contributed by atoms with Crippen molar-refractivity contribution in [3.8, 4) is 0 Å². The first-order valence-corrected chi connectivity index (χ1v) is 21.2. The van der Waals surface area contributed by atoms with Crippen LogP contribution in [0.3, 0.4) is 0 Å². The number of nitrogens with one attached hydrogen (secondary N) is 4. The lowest BCUT2D eigenvalue weighted by Crippen LogP contribution is -2.55. The summed E-state index contributed by atoms with van der Waals surface area (Å²) in [5.74, 6) is -1.16. The van der Waals surface area contributed by atoms with Gasteiger partial charge in [0.25, 0.3) is 0 Å². The number of ether oxygens (including phenoxy) is 1. The Bertz CT molecular complexity index is 1880. The minimum atomic E-state index is -1.12. The average Bonchev–Trinajstić information content (AvgIpc) is 3.22. The number of unbranched alkanes of at least 4 members (excludes halogenated alkanes) is 1. The predicted molar refractivity (Wildman–Crippen MR) is 236 cm³/mol. The van der Waals surface area contributed by atoms with E-state index in [0.29, 0.717) is 82.8 Å². The van der Waals surface area contributed by atoms with Crippen LogP contribution in [-0.2, 0) is 32.0 Å². The molecule has 0 radical (unpaired) electrons. The lowest BCUT2D eigenvalue weighted by molar-refractivity contribution is -0.142. The van der Waals surface area contributed by atoms with Crippen molar-refractivity contribution in [2.24, 2.45) is 17.6 Å². The minimum absolute atomic E-state index is 0.119. The molecule has 4 atom stereocenters. The highest BCUT2D eigenvalue weighted by Crippen LogP contribution is 2.27. The zero-order chi connectivity index (χ0) is 41.4. The van der Waals surface area contributed by atoms with Gasteiger partial charge in [0.15, 0.2) is 5.11 Å². The lowest BCUT2D eigenvalue weighted by atomic mass is 9.87. The van der Waals surface area contributed by atoms with E-state index in [-0.39, 0.29) is 36.2 Å².